The van der Waals surface area contributed by atoms with Crippen molar-refractivity contribution >= 4 is 11.6 Å². The van der Waals surface area contributed by atoms with E-state index in [1.807, 2.05) is 46.2 Å². The highest BCUT2D eigenvalue weighted by molar-refractivity contribution is 5.94. The van der Waals surface area contributed by atoms with E-state index in [1.165, 1.54) is 38.4 Å². The molecule has 0 saturated carbocycles. The van der Waals surface area contributed by atoms with Gasteiger partial charge in [-0.05, 0) is 56.6 Å². The molecule has 2 aliphatic rings. The summed E-state index contributed by atoms with van der Waals surface area (Å²) in [6.45, 7) is 6.43. The van der Waals surface area contributed by atoms with Gasteiger partial charge in [0, 0.05) is 44.4 Å². The number of benzene rings is 2. The van der Waals surface area contributed by atoms with E-state index in [1.54, 1.807) is 6.07 Å². The van der Waals surface area contributed by atoms with Crippen molar-refractivity contribution in [2.45, 2.75) is 25.7 Å². The van der Waals surface area contributed by atoms with Crippen LogP contribution in [0.3, 0.4) is 0 Å². The summed E-state index contributed by atoms with van der Waals surface area (Å²) in [4.78, 5) is 18.9. The van der Waals surface area contributed by atoms with Crippen molar-refractivity contribution in [3.63, 3.8) is 0 Å². The zero-order valence-corrected chi connectivity index (χ0v) is 18.1. The number of amides is 1. The molecule has 2 fully saturated rings. The number of hydrogen-bond donors (Lipinski definition) is 0. The quantitative estimate of drug-likeness (QED) is 0.628. The van der Waals surface area contributed by atoms with Gasteiger partial charge in [-0.1, -0.05) is 24.6 Å². The van der Waals surface area contributed by atoms with E-state index in [9.17, 15) is 9.18 Å². The van der Waals surface area contributed by atoms with Crippen LogP contribution < -0.4 is 9.64 Å². The Bertz CT molecular complexity index is 847. The number of likely N-dealkylation sites (tertiary alicyclic amines) is 1. The first-order valence-corrected chi connectivity index (χ1v) is 11.4. The van der Waals surface area contributed by atoms with Crippen LogP contribution >= 0.6 is 0 Å². The normalized spacial score (nSPS) is 17.6. The Labute approximate surface area is 184 Å². The van der Waals surface area contributed by atoms with Gasteiger partial charge in [0.05, 0.1) is 12.3 Å². The Morgan fingerprint density at radius 3 is 2.35 bits per heavy atom. The lowest BCUT2D eigenvalue weighted by Gasteiger charge is -2.36. The van der Waals surface area contributed by atoms with Gasteiger partial charge in [0.2, 0.25) is 0 Å². The average Bonchev–Trinajstić information content (AvgIpc) is 2.83. The summed E-state index contributed by atoms with van der Waals surface area (Å²) in [7, 11) is 0. The molecule has 0 unspecified atom stereocenters. The van der Waals surface area contributed by atoms with Gasteiger partial charge in [-0.2, -0.15) is 0 Å². The molecule has 1 amide bonds. The van der Waals surface area contributed by atoms with E-state index in [0.29, 0.717) is 49.8 Å². The van der Waals surface area contributed by atoms with Crippen LogP contribution in [0.1, 0.15) is 36.0 Å². The van der Waals surface area contributed by atoms with Gasteiger partial charge in [-0.15, -0.1) is 0 Å². The van der Waals surface area contributed by atoms with Crippen LogP contribution in [-0.4, -0.2) is 68.1 Å². The summed E-state index contributed by atoms with van der Waals surface area (Å²) in [5.74, 6) is 0.350. The van der Waals surface area contributed by atoms with Gasteiger partial charge in [-0.3, -0.25) is 4.79 Å². The fourth-order valence-electron chi connectivity index (χ4n) is 4.41. The molecule has 0 atom stereocenters. The number of rotatable bonds is 7. The third-order valence-corrected chi connectivity index (χ3v) is 6.18. The summed E-state index contributed by atoms with van der Waals surface area (Å²) < 4.78 is 20.5. The smallest absolute Gasteiger partial charge is 0.253 e. The van der Waals surface area contributed by atoms with Gasteiger partial charge < -0.3 is 19.4 Å². The number of anilines is 1. The Morgan fingerprint density at radius 1 is 0.903 bits per heavy atom. The van der Waals surface area contributed by atoms with Crippen LogP contribution in [0.15, 0.2) is 48.5 Å². The van der Waals surface area contributed by atoms with E-state index in [-0.39, 0.29) is 11.7 Å². The molecule has 0 bridgehead atoms. The third-order valence-electron chi connectivity index (χ3n) is 6.18. The van der Waals surface area contributed by atoms with Crippen LogP contribution in [0, 0.1) is 5.82 Å². The van der Waals surface area contributed by atoms with Crippen LogP contribution in [-0.2, 0) is 0 Å². The molecule has 166 valence electrons. The average molecular weight is 426 g/mol. The zero-order valence-electron chi connectivity index (χ0n) is 18.1. The molecule has 31 heavy (non-hydrogen) atoms. The molecule has 2 heterocycles. The number of carbonyl (C=O) groups excluding carboxylic acids is 1. The topological polar surface area (TPSA) is 36.0 Å². The van der Waals surface area contributed by atoms with Gasteiger partial charge in [0.1, 0.15) is 11.6 Å². The summed E-state index contributed by atoms with van der Waals surface area (Å²) in [5.41, 5.74) is 1.27. The first kappa shape index (κ1) is 21.6. The van der Waals surface area contributed by atoms with Gasteiger partial charge >= 0.3 is 0 Å². The molecule has 0 aromatic heterocycles. The van der Waals surface area contributed by atoms with Crippen molar-refractivity contribution in [3.05, 3.63) is 59.9 Å². The van der Waals surface area contributed by atoms with Crippen molar-refractivity contribution < 1.29 is 13.9 Å². The van der Waals surface area contributed by atoms with E-state index in [4.69, 9.17) is 4.74 Å². The van der Waals surface area contributed by atoms with E-state index >= 15 is 0 Å². The number of halogens is 1. The number of piperazine rings is 1. The first-order valence-electron chi connectivity index (χ1n) is 11.4. The minimum atomic E-state index is -0.267. The summed E-state index contributed by atoms with van der Waals surface area (Å²) in [6.07, 6.45) is 4.89. The molecule has 5 nitrogen and oxygen atoms in total. The molecule has 2 aromatic rings. The number of hydrogen-bond acceptors (Lipinski definition) is 4. The molecule has 2 aliphatic heterocycles. The van der Waals surface area contributed by atoms with Gasteiger partial charge in [0.15, 0.2) is 0 Å². The Balaban J connectivity index is 1.24. The molecule has 2 saturated heterocycles. The maximum absolute atomic E-state index is 14.7. The molecule has 0 radical (unpaired) electrons. The highest BCUT2D eigenvalue weighted by atomic mass is 19.1. The van der Waals surface area contributed by atoms with Crippen molar-refractivity contribution in [2.75, 3.05) is 57.3 Å². The summed E-state index contributed by atoms with van der Waals surface area (Å²) >= 11 is 0. The summed E-state index contributed by atoms with van der Waals surface area (Å²) in [6, 6.07) is 14.4. The molecule has 0 spiro atoms. The third kappa shape index (κ3) is 5.76. The lowest BCUT2D eigenvalue weighted by Crippen LogP contribution is -2.49. The Kier molecular flexibility index (Phi) is 7.41. The van der Waals surface area contributed by atoms with E-state index < -0.39 is 0 Å². The minimum Gasteiger partial charge on any atom is -0.493 e. The molecular formula is C25H32FN3O2. The highest BCUT2D eigenvalue weighted by Crippen LogP contribution is 2.25. The maximum atomic E-state index is 14.7. The SMILES string of the molecule is O=C(c1ccccc1)N1CCN(c2ccc(OCCCN3CCCCC3)cc2F)CC1. The van der Waals surface area contributed by atoms with Crippen LogP contribution in [0.25, 0.3) is 0 Å². The van der Waals surface area contributed by atoms with Crippen molar-refractivity contribution in [3.8, 4) is 5.75 Å². The fraction of sp³-hybridized carbons (Fsp3) is 0.480. The van der Waals surface area contributed by atoms with Crippen molar-refractivity contribution in [1.29, 1.82) is 0 Å². The van der Waals surface area contributed by atoms with Crippen LogP contribution in [0.4, 0.5) is 10.1 Å². The standard InChI is InChI=1S/C25H32FN3O2/c26-23-20-22(31-19-7-14-27-12-5-2-6-13-27)10-11-24(23)28-15-17-29(18-16-28)25(30)21-8-3-1-4-9-21/h1,3-4,8-11,20H,2,5-7,12-19H2. The maximum Gasteiger partial charge on any atom is 0.253 e. The van der Waals surface area contributed by atoms with Gasteiger partial charge in [0.25, 0.3) is 5.91 Å². The number of ether oxygens (including phenoxy) is 1. The van der Waals surface area contributed by atoms with E-state index in [2.05, 4.69) is 4.90 Å². The molecule has 0 N–H and O–H groups in total. The minimum absolute atomic E-state index is 0.0361. The predicted molar refractivity (Wildman–Crippen MR) is 121 cm³/mol. The highest BCUT2D eigenvalue weighted by Gasteiger charge is 2.23. The van der Waals surface area contributed by atoms with Crippen LogP contribution in [0.5, 0.6) is 5.75 Å². The molecular weight excluding hydrogens is 393 g/mol. The van der Waals surface area contributed by atoms with Crippen molar-refractivity contribution in [2.24, 2.45) is 0 Å². The van der Waals surface area contributed by atoms with Crippen molar-refractivity contribution in [1.82, 2.24) is 9.80 Å². The lowest BCUT2D eigenvalue weighted by molar-refractivity contribution is 0.0746. The molecule has 6 heteroatoms. The predicted octanol–water partition coefficient (Wildman–Crippen LogP) is 4.04. The number of piperidine rings is 1. The van der Waals surface area contributed by atoms with Crippen LogP contribution in [0.2, 0.25) is 0 Å². The lowest BCUT2D eigenvalue weighted by atomic mass is 10.1. The second-order valence-electron chi connectivity index (χ2n) is 8.36. The largest absolute Gasteiger partial charge is 0.493 e. The second kappa shape index (κ2) is 10.6. The fourth-order valence-corrected chi connectivity index (χ4v) is 4.41. The zero-order chi connectivity index (χ0) is 21.5. The molecule has 4 rings (SSSR count). The summed E-state index contributed by atoms with van der Waals surface area (Å²) in [5, 5.41) is 0. The molecule has 2 aromatic carbocycles. The second-order valence-corrected chi connectivity index (χ2v) is 8.36. The monoisotopic (exact) mass is 425 g/mol. The number of carbonyl (C=O) groups is 1. The molecule has 0 aliphatic carbocycles. The number of nitrogens with zero attached hydrogens (tertiary/aromatic N) is 3. The van der Waals surface area contributed by atoms with E-state index in [0.717, 1.165) is 13.0 Å². The Morgan fingerprint density at radius 2 is 1.65 bits per heavy atom. The Hall–Kier alpha value is -2.60. The van der Waals surface area contributed by atoms with Gasteiger partial charge in [-0.25, -0.2) is 4.39 Å². The first-order chi connectivity index (χ1) is 15.2.